The van der Waals surface area contributed by atoms with Gasteiger partial charge in [-0.25, -0.2) is 4.98 Å². The van der Waals surface area contributed by atoms with Gasteiger partial charge in [-0.15, -0.1) is 0 Å². The van der Waals surface area contributed by atoms with E-state index in [-0.39, 0.29) is 0 Å². The minimum Gasteiger partial charge on any atom is -0.497 e. The van der Waals surface area contributed by atoms with Gasteiger partial charge >= 0.3 is 0 Å². The number of nitriles is 1. The van der Waals surface area contributed by atoms with E-state index in [9.17, 15) is 5.26 Å². The monoisotopic (exact) mass is 416 g/mol. The van der Waals surface area contributed by atoms with E-state index in [1.165, 1.54) is 0 Å². The Labute approximate surface area is 183 Å². The van der Waals surface area contributed by atoms with Crippen molar-refractivity contribution < 1.29 is 9.15 Å². The summed E-state index contributed by atoms with van der Waals surface area (Å²) in [5.41, 5.74) is 6.14. The van der Waals surface area contributed by atoms with Gasteiger partial charge in [0.2, 0.25) is 0 Å². The van der Waals surface area contributed by atoms with Crippen LogP contribution in [0, 0.1) is 18.3 Å². The molecular formula is C25H28N4O2. The summed E-state index contributed by atoms with van der Waals surface area (Å²) >= 11 is 0. The van der Waals surface area contributed by atoms with Crippen LogP contribution >= 0.6 is 0 Å². The van der Waals surface area contributed by atoms with Crippen molar-refractivity contribution in [2.75, 3.05) is 39.2 Å². The first-order valence-electron chi connectivity index (χ1n) is 10.9. The van der Waals surface area contributed by atoms with Crippen LogP contribution in [-0.4, -0.2) is 50.2 Å². The van der Waals surface area contributed by atoms with Crippen molar-refractivity contribution in [2.24, 2.45) is 0 Å². The molecule has 1 aliphatic heterocycles. The topological polar surface area (TPSA) is 65.5 Å². The van der Waals surface area contributed by atoms with Gasteiger partial charge in [0, 0.05) is 30.6 Å². The molecule has 3 aromatic rings. The maximum absolute atomic E-state index is 10.0. The molecule has 2 aromatic carbocycles. The second-order valence-corrected chi connectivity index (χ2v) is 8.92. The minimum atomic E-state index is 0.389. The molecule has 160 valence electrons. The molecular weight excluding hydrogens is 388 g/mol. The molecule has 2 aliphatic rings. The number of aromatic nitrogens is 1. The molecule has 6 nitrogen and oxygen atoms in total. The van der Waals surface area contributed by atoms with Gasteiger partial charge in [0.15, 0.2) is 11.5 Å². The first kappa shape index (κ1) is 19.9. The van der Waals surface area contributed by atoms with Crippen molar-refractivity contribution in [3.05, 3.63) is 41.3 Å². The van der Waals surface area contributed by atoms with Crippen molar-refractivity contribution in [1.29, 1.82) is 5.26 Å². The Morgan fingerprint density at radius 3 is 2.71 bits per heavy atom. The summed E-state index contributed by atoms with van der Waals surface area (Å²) in [6.45, 7) is 3.89. The highest BCUT2D eigenvalue weighted by molar-refractivity contribution is 6.02. The fourth-order valence-corrected chi connectivity index (χ4v) is 4.70. The van der Waals surface area contributed by atoms with Crippen molar-refractivity contribution in [3.8, 4) is 22.9 Å². The number of oxazole rings is 1. The van der Waals surface area contributed by atoms with E-state index in [0.29, 0.717) is 23.0 Å². The van der Waals surface area contributed by atoms with Gasteiger partial charge in [0.25, 0.3) is 0 Å². The molecule has 0 bridgehead atoms. The Bertz CT molecular complexity index is 1190. The third-order valence-electron chi connectivity index (χ3n) is 6.69. The van der Waals surface area contributed by atoms with Gasteiger partial charge in [-0.3, -0.25) is 0 Å². The van der Waals surface area contributed by atoms with Crippen molar-refractivity contribution in [1.82, 2.24) is 9.88 Å². The first-order valence-corrected chi connectivity index (χ1v) is 10.9. The molecule has 0 amide bonds. The summed E-state index contributed by atoms with van der Waals surface area (Å²) in [6, 6.07) is 11.0. The molecule has 31 heavy (non-hydrogen) atoms. The predicted molar refractivity (Wildman–Crippen MR) is 122 cm³/mol. The summed E-state index contributed by atoms with van der Waals surface area (Å²) in [7, 11) is 5.95. The summed E-state index contributed by atoms with van der Waals surface area (Å²) in [6.07, 6.45) is 3.31. The van der Waals surface area contributed by atoms with E-state index in [0.717, 1.165) is 72.0 Å². The largest absolute Gasteiger partial charge is 0.497 e. The lowest BCUT2D eigenvalue weighted by Gasteiger charge is -2.26. The van der Waals surface area contributed by atoms with Crippen molar-refractivity contribution >= 4 is 16.8 Å². The Balaban J connectivity index is 1.79. The average Bonchev–Trinajstić information content (AvgIpc) is 3.33. The predicted octanol–water partition coefficient (Wildman–Crippen LogP) is 4.70. The van der Waals surface area contributed by atoms with E-state index in [1.807, 2.05) is 25.1 Å². The molecule has 0 spiro atoms. The second kappa shape index (κ2) is 7.58. The molecule has 2 fully saturated rings. The molecule has 1 aromatic heterocycles. The summed E-state index contributed by atoms with van der Waals surface area (Å²) in [5.74, 6) is 1.96. The van der Waals surface area contributed by atoms with Gasteiger partial charge in [-0.05, 0) is 63.5 Å². The van der Waals surface area contributed by atoms with Gasteiger partial charge < -0.3 is 19.0 Å². The number of likely N-dealkylation sites (N-methyl/N-ethyl adjacent to an activating group) is 1. The summed E-state index contributed by atoms with van der Waals surface area (Å²) < 4.78 is 11.9. The van der Waals surface area contributed by atoms with E-state index in [1.54, 1.807) is 7.11 Å². The second-order valence-electron chi connectivity index (χ2n) is 8.92. The molecule has 1 saturated carbocycles. The molecule has 5 rings (SSSR count). The van der Waals surface area contributed by atoms with Gasteiger partial charge in [0.1, 0.15) is 17.3 Å². The van der Waals surface area contributed by atoms with Crippen LogP contribution in [0.15, 0.2) is 28.7 Å². The first-order chi connectivity index (χ1) is 15.0. The van der Waals surface area contributed by atoms with Crippen LogP contribution in [0.3, 0.4) is 0 Å². The zero-order valence-electron chi connectivity index (χ0n) is 18.6. The molecule has 1 saturated heterocycles. The lowest BCUT2D eigenvalue weighted by Crippen LogP contribution is -2.31. The standard InChI is InChI=1S/C25H28N4O2/c1-15-20(13-26)22-24(31-25(27-22)16-8-9-16)23(29-11-10-18(14-29)28(2)3)21(15)17-6-5-7-19(12-17)30-4/h5-7,12,16,18H,8-11,14H2,1-4H3/t18-/m0/s1. The van der Waals surface area contributed by atoms with Crippen LogP contribution in [0.5, 0.6) is 5.75 Å². The smallest absolute Gasteiger partial charge is 0.198 e. The lowest BCUT2D eigenvalue weighted by atomic mass is 9.93. The minimum absolute atomic E-state index is 0.389. The maximum Gasteiger partial charge on any atom is 0.198 e. The molecule has 0 N–H and O–H groups in total. The van der Waals surface area contributed by atoms with Crippen molar-refractivity contribution in [3.63, 3.8) is 0 Å². The van der Waals surface area contributed by atoms with Crippen LogP contribution in [0.25, 0.3) is 22.2 Å². The average molecular weight is 417 g/mol. The van der Waals surface area contributed by atoms with Crippen LogP contribution < -0.4 is 9.64 Å². The van der Waals surface area contributed by atoms with Crippen LogP contribution in [0.2, 0.25) is 0 Å². The van der Waals surface area contributed by atoms with E-state index < -0.39 is 0 Å². The Morgan fingerprint density at radius 2 is 2.06 bits per heavy atom. The highest BCUT2D eigenvalue weighted by atomic mass is 16.5. The number of hydrogen-bond donors (Lipinski definition) is 0. The van der Waals surface area contributed by atoms with Crippen LogP contribution in [-0.2, 0) is 0 Å². The molecule has 0 unspecified atom stereocenters. The van der Waals surface area contributed by atoms with Gasteiger partial charge in [-0.1, -0.05) is 12.1 Å². The SMILES string of the molecule is COc1cccc(-c2c(C)c(C#N)c3nc(C4CC4)oc3c2N2CC[C@H](N(C)C)C2)c1. The van der Waals surface area contributed by atoms with E-state index in [2.05, 4.69) is 36.0 Å². The van der Waals surface area contributed by atoms with E-state index >= 15 is 0 Å². The Morgan fingerprint density at radius 1 is 1.26 bits per heavy atom. The summed E-state index contributed by atoms with van der Waals surface area (Å²) in [5, 5.41) is 10.0. The zero-order chi connectivity index (χ0) is 21.7. The molecule has 0 radical (unpaired) electrons. The molecule has 2 heterocycles. The highest BCUT2D eigenvalue weighted by Gasteiger charge is 2.34. The number of hydrogen-bond acceptors (Lipinski definition) is 6. The number of anilines is 1. The Kier molecular flexibility index (Phi) is 4.86. The number of nitrogens with zero attached hydrogens (tertiary/aromatic N) is 4. The number of methoxy groups -OCH3 is 1. The molecule has 1 atom stereocenters. The van der Waals surface area contributed by atoms with Gasteiger partial charge in [-0.2, -0.15) is 5.26 Å². The zero-order valence-corrected chi connectivity index (χ0v) is 18.6. The Hall–Kier alpha value is -3.04. The third kappa shape index (κ3) is 3.34. The van der Waals surface area contributed by atoms with Crippen LogP contribution in [0.1, 0.15) is 42.2 Å². The third-order valence-corrected chi connectivity index (χ3v) is 6.69. The van der Waals surface area contributed by atoms with Crippen molar-refractivity contribution in [2.45, 2.75) is 38.1 Å². The number of benzene rings is 2. The van der Waals surface area contributed by atoms with E-state index in [4.69, 9.17) is 14.1 Å². The normalized spacial score (nSPS) is 18.7. The molecule has 1 aliphatic carbocycles. The quantitative estimate of drug-likeness (QED) is 0.601. The lowest BCUT2D eigenvalue weighted by molar-refractivity contribution is 0.315. The van der Waals surface area contributed by atoms with Gasteiger partial charge in [0.05, 0.1) is 18.4 Å². The number of rotatable bonds is 5. The number of fused-ring (bicyclic) bond motifs is 1. The molecule has 6 heteroatoms. The fourth-order valence-electron chi connectivity index (χ4n) is 4.70. The summed E-state index contributed by atoms with van der Waals surface area (Å²) in [4.78, 5) is 9.51. The number of ether oxygens (including phenoxy) is 1. The fraction of sp³-hybridized carbons (Fsp3) is 0.440. The van der Waals surface area contributed by atoms with Crippen LogP contribution in [0.4, 0.5) is 5.69 Å². The maximum atomic E-state index is 10.0. The highest BCUT2D eigenvalue weighted by Crippen LogP contribution is 2.47.